The predicted octanol–water partition coefficient (Wildman–Crippen LogP) is 2.36. The molecule has 0 aliphatic carbocycles. The molecule has 1 aromatic carbocycles. The van der Waals surface area contributed by atoms with Gasteiger partial charge in [-0.2, -0.15) is 12.6 Å². The lowest BCUT2D eigenvalue weighted by Crippen LogP contribution is -2.24. The number of thiol groups is 1. The molecule has 18 heavy (non-hydrogen) atoms. The summed E-state index contributed by atoms with van der Waals surface area (Å²) in [4.78, 5) is 6.74. The van der Waals surface area contributed by atoms with Gasteiger partial charge in [-0.05, 0) is 25.4 Å². The van der Waals surface area contributed by atoms with Crippen molar-refractivity contribution in [2.45, 2.75) is 0 Å². The van der Waals surface area contributed by atoms with Gasteiger partial charge in [0.25, 0.3) is 0 Å². The third kappa shape index (κ3) is 4.92. The quantitative estimate of drug-likeness (QED) is 0.478. The normalized spacial score (nSPS) is 12.1. The smallest absolute Gasteiger partial charge is 0.125 e. The number of hydrogen-bond acceptors (Lipinski definition) is 5. The molecule has 0 unspecified atom stereocenters. The van der Waals surface area contributed by atoms with E-state index >= 15 is 0 Å². The minimum absolute atomic E-state index is 0.286. The highest BCUT2D eigenvalue weighted by atomic mass is 32.2. The Balaban J connectivity index is 2.64. The van der Waals surface area contributed by atoms with E-state index in [4.69, 9.17) is 0 Å². The van der Waals surface area contributed by atoms with Gasteiger partial charge in [0.2, 0.25) is 0 Å². The molecule has 0 bridgehead atoms. The first kappa shape index (κ1) is 15.4. The molecule has 0 saturated heterocycles. The van der Waals surface area contributed by atoms with Crippen molar-refractivity contribution in [3.05, 3.63) is 29.8 Å². The standard InChI is InChI=1S/C13H20N2OS2/c1-15(9-10-17)8-7-14-13(18-2)11-5-3-4-6-12(11)16/h3-6,16-17H,7-10H2,1-2H3. The van der Waals surface area contributed by atoms with Crippen LogP contribution < -0.4 is 0 Å². The molecule has 0 amide bonds. The van der Waals surface area contributed by atoms with Gasteiger partial charge in [0.05, 0.1) is 6.54 Å². The minimum Gasteiger partial charge on any atom is -0.507 e. The van der Waals surface area contributed by atoms with Crippen LogP contribution >= 0.6 is 24.4 Å². The lowest BCUT2D eigenvalue weighted by Gasteiger charge is -2.13. The van der Waals surface area contributed by atoms with Gasteiger partial charge in [-0.3, -0.25) is 4.99 Å². The van der Waals surface area contributed by atoms with Crippen LogP contribution in [0.15, 0.2) is 29.3 Å². The molecule has 0 spiro atoms. The number of nitrogens with zero attached hydrogens (tertiary/aromatic N) is 2. The molecule has 3 nitrogen and oxygen atoms in total. The van der Waals surface area contributed by atoms with Crippen molar-refractivity contribution in [2.24, 2.45) is 4.99 Å². The number of hydrogen-bond donors (Lipinski definition) is 2. The summed E-state index contributed by atoms with van der Waals surface area (Å²) in [5, 5.41) is 10.7. The molecule has 0 aromatic heterocycles. The number of benzene rings is 1. The average Bonchev–Trinajstić information content (AvgIpc) is 2.36. The van der Waals surface area contributed by atoms with E-state index in [2.05, 4.69) is 29.6 Å². The maximum absolute atomic E-state index is 9.79. The monoisotopic (exact) mass is 284 g/mol. The molecule has 0 aliphatic heterocycles. The van der Waals surface area contributed by atoms with Crippen molar-refractivity contribution in [1.82, 2.24) is 4.90 Å². The Morgan fingerprint density at radius 2 is 2.11 bits per heavy atom. The summed E-state index contributed by atoms with van der Waals surface area (Å²) in [7, 11) is 2.06. The Kier molecular flexibility index (Phi) is 7.23. The van der Waals surface area contributed by atoms with Crippen molar-refractivity contribution in [3.63, 3.8) is 0 Å². The third-order valence-electron chi connectivity index (χ3n) is 2.55. The second-order valence-corrected chi connectivity index (χ2v) is 5.18. The molecule has 0 heterocycles. The number of aromatic hydroxyl groups is 1. The van der Waals surface area contributed by atoms with Crippen LogP contribution in [0.3, 0.4) is 0 Å². The van der Waals surface area contributed by atoms with E-state index < -0.39 is 0 Å². The van der Waals surface area contributed by atoms with Crippen LogP contribution in [0.5, 0.6) is 5.75 Å². The maximum atomic E-state index is 9.79. The Hall–Kier alpha value is -0.650. The Morgan fingerprint density at radius 3 is 2.72 bits per heavy atom. The predicted molar refractivity (Wildman–Crippen MR) is 84.4 cm³/mol. The van der Waals surface area contributed by atoms with Gasteiger partial charge in [0, 0.05) is 24.4 Å². The molecular formula is C13H20N2OS2. The highest BCUT2D eigenvalue weighted by Gasteiger charge is 2.06. The van der Waals surface area contributed by atoms with Crippen LogP contribution in [0.25, 0.3) is 0 Å². The van der Waals surface area contributed by atoms with Crippen LogP contribution in [-0.4, -0.2) is 53.7 Å². The molecule has 1 N–H and O–H groups in total. The van der Waals surface area contributed by atoms with E-state index in [1.54, 1.807) is 17.8 Å². The number of phenolic OH excluding ortho intramolecular Hbond substituents is 1. The molecule has 1 rings (SSSR count). The summed E-state index contributed by atoms with van der Waals surface area (Å²) in [6.07, 6.45) is 1.97. The van der Waals surface area contributed by atoms with Gasteiger partial charge in [-0.1, -0.05) is 12.1 Å². The van der Waals surface area contributed by atoms with Crippen LogP contribution in [0.1, 0.15) is 5.56 Å². The molecular weight excluding hydrogens is 264 g/mol. The Labute approximate surface area is 119 Å². The van der Waals surface area contributed by atoms with Crippen LogP contribution in [0.2, 0.25) is 0 Å². The first-order chi connectivity index (χ1) is 8.69. The van der Waals surface area contributed by atoms with Crippen molar-refractivity contribution < 1.29 is 5.11 Å². The first-order valence-corrected chi connectivity index (χ1v) is 7.71. The molecule has 100 valence electrons. The summed E-state index contributed by atoms with van der Waals surface area (Å²) in [6.45, 7) is 2.59. The number of para-hydroxylation sites is 1. The van der Waals surface area contributed by atoms with Crippen LogP contribution in [-0.2, 0) is 0 Å². The average molecular weight is 284 g/mol. The number of rotatable bonds is 6. The van der Waals surface area contributed by atoms with Crippen LogP contribution in [0, 0.1) is 0 Å². The minimum atomic E-state index is 0.286. The summed E-state index contributed by atoms with van der Waals surface area (Å²) < 4.78 is 0. The van der Waals surface area contributed by atoms with Gasteiger partial charge in [0.15, 0.2) is 0 Å². The third-order valence-corrected chi connectivity index (χ3v) is 3.48. The molecule has 0 saturated carbocycles. The van der Waals surface area contributed by atoms with E-state index in [1.807, 2.05) is 24.5 Å². The SMILES string of the molecule is CSC(=NCCN(C)CCS)c1ccccc1O. The largest absolute Gasteiger partial charge is 0.507 e. The number of aliphatic imine (C=N–C) groups is 1. The van der Waals surface area contributed by atoms with Gasteiger partial charge >= 0.3 is 0 Å². The molecule has 5 heteroatoms. The summed E-state index contributed by atoms with van der Waals surface area (Å²) in [5.41, 5.74) is 0.807. The lowest BCUT2D eigenvalue weighted by molar-refractivity contribution is 0.367. The summed E-state index contributed by atoms with van der Waals surface area (Å²) >= 11 is 5.76. The highest BCUT2D eigenvalue weighted by Crippen LogP contribution is 2.21. The van der Waals surface area contributed by atoms with E-state index in [1.165, 1.54) is 0 Å². The summed E-state index contributed by atoms with van der Waals surface area (Å²) in [5.74, 6) is 1.14. The number of phenols is 1. The van der Waals surface area contributed by atoms with E-state index in [0.29, 0.717) is 0 Å². The molecule has 1 aromatic rings. The van der Waals surface area contributed by atoms with Gasteiger partial charge in [-0.25, -0.2) is 0 Å². The van der Waals surface area contributed by atoms with Crippen molar-refractivity contribution >= 4 is 29.4 Å². The van der Waals surface area contributed by atoms with E-state index in [-0.39, 0.29) is 5.75 Å². The highest BCUT2D eigenvalue weighted by molar-refractivity contribution is 8.13. The molecule has 0 fully saturated rings. The van der Waals surface area contributed by atoms with E-state index in [9.17, 15) is 5.11 Å². The Bertz CT molecular complexity index is 396. The van der Waals surface area contributed by atoms with Gasteiger partial charge in [-0.15, -0.1) is 11.8 Å². The Morgan fingerprint density at radius 1 is 1.39 bits per heavy atom. The van der Waals surface area contributed by atoms with Crippen molar-refractivity contribution in [1.29, 1.82) is 0 Å². The zero-order valence-corrected chi connectivity index (χ0v) is 12.5. The topological polar surface area (TPSA) is 35.8 Å². The fourth-order valence-corrected chi connectivity index (χ4v) is 2.47. The molecule has 0 radical (unpaired) electrons. The first-order valence-electron chi connectivity index (χ1n) is 5.85. The van der Waals surface area contributed by atoms with Crippen molar-refractivity contribution in [3.8, 4) is 5.75 Å². The second kappa shape index (κ2) is 8.45. The fourth-order valence-electron chi connectivity index (χ4n) is 1.52. The zero-order valence-electron chi connectivity index (χ0n) is 10.8. The number of likely N-dealkylation sites (N-methyl/N-ethyl adjacent to an activating group) is 1. The number of thioether (sulfide) groups is 1. The second-order valence-electron chi connectivity index (χ2n) is 3.94. The maximum Gasteiger partial charge on any atom is 0.125 e. The zero-order chi connectivity index (χ0) is 13.4. The van der Waals surface area contributed by atoms with Gasteiger partial charge < -0.3 is 10.0 Å². The molecule has 0 atom stereocenters. The van der Waals surface area contributed by atoms with E-state index in [0.717, 1.165) is 36.0 Å². The van der Waals surface area contributed by atoms with Gasteiger partial charge in [0.1, 0.15) is 10.8 Å². The fraction of sp³-hybridized carbons (Fsp3) is 0.462. The van der Waals surface area contributed by atoms with Crippen molar-refractivity contribution in [2.75, 3.05) is 38.7 Å². The molecule has 0 aliphatic rings. The summed E-state index contributed by atoms with van der Waals surface area (Å²) in [6, 6.07) is 7.31. The van der Waals surface area contributed by atoms with Crippen LogP contribution in [0.4, 0.5) is 0 Å². The lowest BCUT2D eigenvalue weighted by atomic mass is 10.2.